The number of ether oxygens (including phenoxy) is 2. The molecule has 9 heteroatoms. The number of rotatable bonds is 10. The molecule has 210 valence electrons. The number of nitrogens with zero attached hydrogens (tertiary/aromatic N) is 4. The molecule has 0 aliphatic carbocycles. The Bertz CT molecular complexity index is 1490. The van der Waals surface area contributed by atoms with Gasteiger partial charge in [0.05, 0.1) is 19.7 Å². The van der Waals surface area contributed by atoms with Crippen LogP contribution in [0, 0.1) is 6.92 Å². The zero-order chi connectivity index (χ0) is 28.9. The van der Waals surface area contributed by atoms with Gasteiger partial charge in [-0.05, 0) is 57.9 Å². The van der Waals surface area contributed by atoms with Crippen molar-refractivity contribution >= 4 is 22.8 Å². The van der Waals surface area contributed by atoms with Crippen LogP contribution >= 0.6 is 0 Å². The average molecular weight is 544 g/mol. The number of benzene rings is 3. The Kier molecular flexibility index (Phi) is 8.72. The molecule has 3 aromatic carbocycles. The van der Waals surface area contributed by atoms with E-state index in [4.69, 9.17) is 9.47 Å². The highest BCUT2D eigenvalue weighted by atomic mass is 16.5. The molecule has 0 saturated carbocycles. The van der Waals surface area contributed by atoms with E-state index in [2.05, 4.69) is 21.7 Å². The first-order valence-corrected chi connectivity index (χ1v) is 13.3. The van der Waals surface area contributed by atoms with Gasteiger partial charge in [0.25, 0.3) is 0 Å². The quantitative estimate of drug-likeness (QED) is 0.317. The maximum Gasteiger partial charge on any atom is 0.247 e. The Morgan fingerprint density at radius 1 is 1.00 bits per heavy atom. The number of aromatic nitrogens is 3. The Labute approximate surface area is 235 Å². The van der Waals surface area contributed by atoms with E-state index in [1.54, 1.807) is 34.9 Å². The summed E-state index contributed by atoms with van der Waals surface area (Å²) in [6, 6.07) is 20.0. The first-order chi connectivity index (χ1) is 19.1. The molecular weight excluding hydrogens is 506 g/mol. The number of fused-ring (bicyclic) bond motifs is 1. The van der Waals surface area contributed by atoms with Crippen LogP contribution in [0.3, 0.4) is 0 Å². The van der Waals surface area contributed by atoms with Crippen LogP contribution in [0.4, 0.5) is 0 Å². The summed E-state index contributed by atoms with van der Waals surface area (Å²) in [5, 5.41) is 11.5. The summed E-state index contributed by atoms with van der Waals surface area (Å²) in [6.45, 7) is 7.96. The molecule has 0 fully saturated rings. The third kappa shape index (κ3) is 6.59. The van der Waals surface area contributed by atoms with E-state index in [0.29, 0.717) is 29.0 Å². The van der Waals surface area contributed by atoms with Gasteiger partial charge in [0.15, 0.2) is 11.5 Å². The van der Waals surface area contributed by atoms with E-state index in [-0.39, 0.29) is 24.9 Å². The fourth-order valence-corrected chi connectivity index (χ4v) is 4.78. The van der Waals surface area contributed by atoms with Crippen LogP contribution in [0.5, 0.6) is 11.5 Å². The first-order valence-electron chi connectivity index (χ1n) is 13.3. The van der Waals surface area contributed by atoms with Gasteiger partial charge in [0.2, 0.25) is 11.8 Å². The molecule has 1 aromatic heterocycles. The van der Waals surface area contributed by atoms with Crippen molar-refractivity contribution in [2.75, 3.05) is 20.8 Å². The minimum atomic E-state index is -0.989. The summed E-state index contributed by atoms with van der Waals surface area (Å²) in [5.74, 6) is 0.280. The lowest BCUT2D eigenvalue weighted by Crippen LogP contribution is -2.50. The number of aryl methyl sites for hydroxylation is 1. The average Bonchev–Trinajstić information content (AvgIpc) is 3.32. The smallest absolute Gasteiger partial charge is 0.247 e. The van der Waals surface area contributed by atoms with Crippen molar-refractivity contribution in [1.29, 1.82) is 0 Å². The molecule has 1 unspecified atom stereocenters. The first kappa shape index (κ1) is 28.6. The molecule has 1 atom stereocenters. The number of nitrogens with one attached hydrogen (secondary N) is 1. The van der Waals surface area contributed by atoms with Crippen molar-refractivity contribution in [1.82, 2.24) is 25.2 Å². The predicted octanol–water partition coefficient (Wildman–Crippen LogP) is 4.48. The van der Waals surface area contributed by atoms with Crippen LogP contribution < -0.4 is 14.8 Å². The molecule has 0 spiro atoms. The lowest BCUT2D eigenvalue weighted by molar-refractivity contribution is -0.142. The van der Waals surface area contributed by atoms with Crippen molar-refractivity contribution in [3.63, 3.8) is 0 Å². The van der Waals surface area contributed by atoms with E-state index >= 15 is 0 Å². The third-order valence-corrected chi connectivity index (χ3v) is 6.54. The molecule has 4 rings (SSSR count). The van der Waals surface area contributed by atoms with Crippen molar-refractivity contribution in [2.24, 2.45) is 0 Å². The van der Waals surface area contributed by atoms with Gasteiger partial charge in [-0.25, -0.2) is 4.68 Å². The Morgan fingerprint density at radius 3 is 2.45 bits per heavy atom. The fourth-order valence-electron chi connectivity index (χ4n) is 4.78. The molecule has 2 amide bonds. The van der Waals surface area contributed by atoms with Gasteiger partial charge in [-0.3, -0.25) is 9.59 Å². The molecule has 0 radical (unpaired) electrons. The molecule has 0 aliphatic rings. The molecular formula is C31H37N5O4. The van der Waals surface area contributed by atoms with Gasteiger partial charge in [-0.15, -0.1) is 5.10 Å². The molecule has 0 bridgehead atoms. The monoisotopic (exact) mass is 543 g/mol. The second-order valence-corrected chi connectivity index (χ2v) is 10.8. The molecule has 40 heavy (non-hydrogen) atoms. The van der Waals surface area contributed by atoms with Crippen LogP contribution in [0.15, 0.2) is 66.7 Å². The number of para-hydroxylation sites is 2. The van der Waals surface area contributed by atoms with Crippen molar-refractivity contribution in [2.45, 2.75) is 52.2 Å². The molecule has 9 nitrogen and oxygen atoms in total. The highest BCUT2D eigenvalue weighted by molar-refractivity contribution is 5.90. The second-order valence-electron chi connectivity index (χ2n) is 10.8. The molecule has 0 saturated heterocycles. The minimum Gasteiger partial charge on any atom is -0.493 e. The summed E-state index contributed by atoms with van der Waals surface area (Å²) in [6.07, 6.45) is 0.553. The Morgan fingerprint density at radius 2 is 1.75 bits per heavy atom. The van der Waals surface area contributed by atoms with Crippen LogP contribution in [0.1, 0.15) is 43.5 Å². The highest BCUT2D eigenvalue weighted by Crippen LogP contribution is 2.37. The van der Waals surface area contributed by atoms with Crippen LogP contribution in [0.2, 0.25) is 0 Å². The van der Waals surface area contributed by atoms with Gasteiger partial charge in [-0.1, -0.05) is 59.3 Å². The predicted molar refractivity (Wildman–Crippen MR) is 154 cm³/mol. The summed E-state index contributed by atoms with van der Waals surface area (Å²) < 4.78 is 12.8. The largest absolute Gasteiger partial charge is 0.493 e. The van der Waals surface area contributed by atoms with Gasteiger partial charge >= 0.3 is 0 Å². The maximum atomic E-state index is 14.2. The minimum absolute atomic E-state index is 0.0834. The van der Waals surface area contributed by atoms with E-state index < -0.39 is 11.6 Å². The Balaban J connectivity index is 1.80. The van der Waals surface area contributed by atoms with Gasteiger partial charge in [0, 0.05) is 17.6 Å². The van der Waals surface area contributed by atoms with Crippen LogP contribution in [0.25, 0.3) is 11.0 Å². The number of carbonyl (C=O) groups is 2. The number of amides is 2. The fraction of sp³-hybridized carbons (Fsp3) is 0.355. The van der Waals surface area contributed by atoms with Gasteiger partial charge < -0.3 is 19.7 Å². The van der Waals surface area contributed by atoms with Crippen molar-refractivity contribution in [3.8, 4) is 11.5 Å². The van der Waals surface area contributed by atoms with E-state index in [9.17, 15) is 9.59 Å². The third-order valence-electron chi connectivity index (χ3n) is 6.54. The van der Waals surface area contributed by atoms with E-state index in [1.807, 2.05) is 70.2 Å². The molecule has 4 aromatic rings. The van der Waals surface area contributed by atoms with E-state index in [0.717, 1.165) is 16.6 Å². The Hall–Kier alpha value is -4.40. The lowest BCUT2D eigenvalue weighted by Gasteiger charge is -2.34. The van der Waals surface area contributed by atoms with E-state index in [1.165, 1.54) is 7.11 Å². The molecule has 1 heterocycles. The maximum absolute atomic E-state index is 14.2. The number of methoxy groups -OCH3 is 2. The molecule has 0 aliphatic heterocycles. The summed E-state index contributed by atoms with van der Waals surface area (Å²) in [5.41, 5.74) is 3.62. The summed E-state index contributed by atoms with van der Waals surface area (Å²) >= 11 is 0. The van der Waals surface area contributed by atoms with Crippen LogP contribution in [-0.2, 0) is 22.6 Å². The normalized spacial score (nSPS) is 12.2. The summed E-state index contributed by atoms with van der Waals surface area (Å²) in [4.78, 5) is 29.8. The van der Waals surface area contributed by atoms with Gasteiger partial charge in [0.1, 0.15) is 18.1 Å². The number of carbonyl (C=O) groups excluding carboxylic acids is 2. The summed E-state index contributed by atoms with van der Waals surface area (Å²) in [7, 11) is 3.07. The second kappa shape index (κ2) is 12.2. The standard InChI is InChI=1S/C31H37N5O4/c1-21-11-9-12-22(19-21)17-18-35(27(37)20-36-25-15-8-7-14-24(25)33-34-36)28(30(38)32-31(2,3)4)23-13-10-16-26(39-5)29(23)40-6/h7-16,19,28H,17-18,20H2,1-6H3,(H,32,38). The molecule has 1 N–H and O–H groups in total. The van der Waals surface area contributed by atoms with Gasteiger partial charge in [-0.2, -0.15) is 0 Å². The SMILES string of the molecule is COc1cccc(C(C(=O)NC(C)(C)C)N(CCc2cccc(C)c2)C(=O)Cn2nnc3ccccc32)c1OC. The highest BCUT2D eigenvalue weighted by Gasteiger charge is 2.36. The van der Waals surface area contributed by atoms with Crippen molar-refractivity contribution < 1.29 is 19.1 Å². The number of hydrogen-bond donors (Lipinski definition) is 1. The zero-order valence-corrected chi connectivity index (χ0v) is 24.0. The van der Waals surface area contributed by atoms with Crippen molar-refractivity contribution in [3.05, 3.63) is 83.4 Å². The zero-order valence-electron chi connectivity index (χ0n) is 24.0. The lowest BCUT2D eigenvalue weighted by atomic mass is 9.99. The van der Waals surface area contributed by atoms with Crippen LogP contribution in [-0.4, -0.2) is 58.0 Å². The topological polar surface area (TPSA) is 98.6 Å². The number of hydrogen-bond acceptors (Lipinski definition) is 6.